The fourth-order valence-electron chi connectivity index (χ4n) is 3.78. The molecule has 9 nitrogen and oxygen atoms in total. The lowest BCUT2D eigenvalue weighted by atomic mass is 10.0. The molecule has 1 saturated heterocycles. The van der Waals surface area contributed by atoms with E-state index in [0.717, 1.165) is 5.56 Å². The number of rotatable bonds is 10. The van der Waals surface area contributed by atoms with E-state index in [1.807, 2.05) is 62.4 Å². The molecule has 1 aliphatic heterocycles. The number of nitrogens with one attached hydrogen (secondary N) is 2. The van der Waals surface area contributed by atoms with E-state index in [1.54, 1.807) is 12.1 Å². The summed E-state index contributed by atoms with van der Waals surface area (Å²) in [6.07, 6.45) is -1.23. The highest BCUT2D eigenvalue weighted by molar-refractivity contribution is 5.86. The van der Waals surface area contributed by atoms with E-state index >= 15 is 0 Å². The van der Waals surface area contributed by atoms with Gasteiger partial charge in [-0.15, -0.1) is 0 Å². The van der Waals surface area contributed by atoms with E-state index in [1.165, 1.54) is 4.90 Å². The number of β-amino-alcohol motifs (C(OH)–C–C–N with tert-alkyl or cyclic N) is 1. The molecule has 35 heavy (non-hydrogen) atoms. The van der Waals surface area contributed by atoms with Crippen molar-refractivity contribution in [3.8, 4) is 5.75 Å². The minimum atomic E-state index is -0.927. The number of nitrogens with zero attached hydrogens (tertiary/aromatic N) is 1. The Balaban J connectivity index is 1.50. The highest BCUT2D eigenvalue weighted by atomic mass is 16.5. The van der Waals surface area contributed by atoms with Gasteiger partial charge in [-0.1, -0.05) is 62.4 Å². The average molecular weight is 484 g/mol. The highest BCUT2D eigenvalue weighted by Gasteiger charge is 2.36. The normalized spacial score (nSPS) is 18.1. The predicted molar refractivity (Wildman–Crippen MR) is 129 cm³/mol. The molecule has 1 heterocycles. The van der Waals surface area contributed by atoms with Crippen LogP contribution in [0.15, 0.2) is 60.7 Å². The zero-order chi connectivity index (χ0) is 25.2. The number of alkyl carbamates (subject to hydrolysis) is 1. The van der Waals surface area contributed by atoms with Crippen LogP contribution in [0.5, 0.6) is 5.75 Å². The quantitative estimate of drug-likeness (QED) is 0.477. The molecule has 3 rings (SSSR count). The maximum absolute atomic E-state index is 13.0. The van der Waals surface area contributed by atoms with Gasteiger partial charge in [0.15, 0.2) is 6.61 Å². The summed E-state index contributed by atoms with van der Waals surface area (Å²) < 4.78 is 10.7. The Bertz CT molecular complexity index is 970. The molecule has 2 aromatic rings. The van der Waals surface area contributed by atoms with Gasteiger partial charge in [0.2, 0.25) is 5.91 Å². The molecular formula is C26H33N3O6. The number of hydrogen-bond donors (Lipinski definition) is 3. The van der Waals surface area contributed by atoms with Crippen molar-refractivity contribution >= 4 is 17.9 Å². The summed E-state index contributed by atoms with van der Waals surface area (Å²) in [7, 11) is 0. The number of para-hydroxylation sites is 1. The second-order valence-electron chi connectivity index (χ2n) is 8.97. The lowest BCUT2D eigenvalue weighted by Crippen LogP contribution is -2.53. The van der Waals surface area contributed by atoms with E-state index in [-0.39, 0.29) is 38.1 Å². The van der Waals surface area contributed by atoms with Gasteiger partial charge in [0, 0.05) is 13.1 Å². The van der Waals surface area contributed by atoms with Crippen molar-refractivity contribution in [3.63, 3.8) is 0 Å². The van der Waals surface area contributed by atoms with E-state index in [9.17, 15) is 19.5 Å². The van der Waals surface area contributed by atoms with E-state index in [4.69, 9.17) is 9.47 Å². The Morgan fingerprint density at radius 1 is 1.03 bits per heavy atom. The van der Waals surface area contributed by atoms with Gasteiger partial charge in [0.05, 0.1) is 12.1 Å². The van der Waals surface area contributed by atoms with Gasteiger partial charge in [-0.25, -0.2) is 4.79 Å². The first kappa shape index (κ1) is 26.0. The lowest BCUT2D eigenvalue weighted by Gasteiger charge is -2.23. The molecule has 0 aromatic heterocycles. The third kappa shape index (κ3) is 8.29. The van der Waals surface area contributed by atoms with Gasteiger partial charge in [-0.05, 0) is 30.0 Å². The van der Waals surface area contributed by atoms with Crippen LogP contribution in [0.3, 0.4) is 0 Å². The summed E-state index contributed by atoms with van der Waals surface area (Å²) in [4.78, 5) is 39.2. The molecule has 2 aromatic carbocycles. The minimum Gasteiger partial charge on any atom is -0.484 e. The van der Waals surface area contributed by atoms with Crippen LogP contribution in [0.1, 0.15) is 25.8 Å². The van der Waals surface area contributed by atoms with Crippen molar-refractivity contribution in [2.24, 2.45) is 5.92 Å². The molecule has 0 radical (unpaired) electrons. The van der Waals surface area contributed by atoms with Crippen LogP contribution >= 0.6 is 0 Å². The van der Waals surface area contributed by atoms with Crippen LogP contribution in [0, 0.1) is 5.92 Å². The average Bonchev–Trinajstić information content (AvgIpc) is 3.22. The first-order chi connectivity index (χ1) is 16.8. The smallest absolute Gasteiger partial charge is 0.408 e. The number of carbonyl (C=O) groups excluding carboxylic acids is 3. The van der Waals surface area contributed by atoms with Crippen LogP contribution in [0.4, 0.5) is 4.79 Å². The standard InChI is InChI=1S/C26H33N3O6/c1-18(2)13-21(28-26(33)35-16-19-9-5-3-6-10-19)25(32)27-22-14-29(15-23(22)30)24(31)17-34-20-11-7-4-8-12-20/h3-12,18,21-23,30H,13-17H2,1-2H3,(H,27,32)(H,28,33)/t21-,22?,23?/m0/s1. The fourth-order valence-corrected chi connectivity index (χ4v) is 3.78. The molecule has 1 aliphatic rings. The van der Waals surface area contributed by atoms with Gasteiger partial charge < -0.3 is 30.1 Å². The monoisotopic (exact) mass is 483 g/mol. The molecule has 9 heteroatoms. The van der Waals surface area contributed by atoms with E-state index in [0.29, 0.717) is 12.2 Å². The molecule has 0 aliphatic carbocycles. The summed E-state index contributed by atoms with van der Waals surface area (Å²) in [6, 6.07) is 16.7. The van der Waals surface area contributed by atoms with Crippen molar-refractivity contribution in [2.45, 2.75) is 45.1 Å². The number of benzene rings is 2. The lowest BCUT2D eigenvalue weighted by molar-refractivity contribution is -0.133. The Labute approximate surface area is 205 Å². The van der Waals surface area contributed by atoms with Crippen LogP contribution in [-0.4, -0.2) is 65.8 Å². The van der Waals surface area contributed by atoms with Gasteiger partial charge in [0.1, 0.15) is 18.4 Å². The van der Waals surface area contributed by atoms with Crippen LogP contribution in [-0.2, 0) is 20.9 Å². The van der Waals surface area contributed by atoms with E-state index in [2.05, 4.69) is 10.6 Å². The third-order valence-corrected chi connectivity index (χ3v) is 5.60. The van der Waals surface area contributed by atoms with Gasteiger partial charge >= 0.3 is 6.09 Å². The summed E-state index contributed by atoms with van der Waals surface area (Å²) >= 11 is 0. The summed E-state index contributed by atoms with van der Waals surface area (Å²) in [6.45, 7) is 4.04. The molecule has 0 spiro atoms. The predicted octanol–water partition coefficient (Wildman–Crippen LogP) is 2.09. The van der Waals surface area contributed by atoms with Gasteiger partial charge in [-0.3, -0.25) is 9.59 Å². The molecule has 3 amide bonds. The molecule has 2 unspecified atom stereocenters. The Hall–Kier alpha value is -3.59. The summed E-state index contributed by atoms with van der Waals surface area (Å²) in [5.74, 6) is -0.0191. The molecule has 3 atom stereocenters. The van der Waals surface area contributed by atoms with Crippen LogP contribution in [0.25, 0.3) is 0 Å². The molecule has 0 bridgehead atoms. The molecule has 0 saturated carbocycles. The van der Waals surface area contributed by atoms with Crippen molar-refractivity contribution in [3.05, 3.63) is 66.2 Å². The topological polar surface area (TPSA) is 117 Å². The first-order valence-electron chi connectivity index (χ1n) is 11.7. The van der Waals surface area contributed by atoms with Crippen LogP contribution < -0.4 is 15.4 Å². The number of carbonyl (C=O) groups is 3. The van der Waals surface area contributed by atoms with Crippen molar-refractivity contribution in [1.29, 1.82) is 0 Å². The maximum atomic E-state index is 13.0. The summed E-state index contributed by atoms with van der Waals surface area (Å²) in [5.41, 5.74) is 0.836. The zero-order valence-corrected chi connectivity index (χ0v) is 20.1. The second kappa shape index (κ2) is 12.8. The molecule has 188 valence electrons. The van der Waals surface area contributed by atoms with Crippen LogP contribution in [0.2, 0.25) is 0 Å². The van der Waals surface area contributed by atoms with Gasteiger partial charge in [-0.2, -0.15) is 0 Å². The Morgan fingerprint density at radius 2 is 1.69 bits per heavy atom. The number of aliphatic hydroxyl groups is 1. The number of ether oxygens (including phenoxy) is 2. The molecule has 1 fully saturated rings. The number of hydrogen-bond acceptors (Lipinski definition) is 6. The third-order valence-electron chi connectivity index (χ3n) is 5.60. The van der Waals surface area contributed by atoms with Gasteiger partial charge in [0.25, 0.3) is 5.91 Å². The first-order valence-corrected chi connectivity index (χ1v) is 11.7. The van der Waals surface area contributed by atoms with Crippen molar-refractivity contribution in [1.82, 2.24) is 15.5 Å². The minimum absolute atomic E-state index is 0.0866. The van der Waals surface area contributed by atoms with Crippen molar-refractivity contribution < 1.29 is 29.0 Å². The largest absolute Gasteiger partial charge is 0.484 e. The Morgan fingerprint density at radius 3 is 2.34 bits per heavy atom. The fraction of sp³-hybridized carbons (Fsp3) is 0.423. The SMILES string of the molecule is CC(C)C[C@H](NC(=O)OCc1ccccc1)C(=O)NC1CN(C(=O)COc2ccccc2)CC1O. The maximum Gasteiger partial charge on any atom is 0.408 e. The Kier molecular flexibility index (Phi) is 9.48. The van der Waals surface area contributed by atoms with Crippen molar-refractivity contribution in [2.75, 3.05) is 19.7 Å². The number of likely N-dealkylation sites (tertiary alicyclic amines) is 1. The highest BCUT2D eigenvalue weighted by Crippen LogP contribution is 2.14. The second-order valence-corrected chi connectivity index (χ2v) is 8.97. The zero-order valence-electron chi connectivity index (χ0n) is 20.1. The number of aliphatic hydroxyl groups excluding tert-OH is 1. The summed E-state index contributed by atoms with van der Waals surface area (Å²) in [5, 5.41) is 15.8. The van der Waals surface area contributed by atoms with E-state index < -0.39 is 30.2 Å². The molecule has 3 N–H and O–H groups in total. The number of amides is 3. The molecular weight excluding hydrogens is 450 g/mol.